The van der Waals surface area contributed by atoms with E-state index in [1.165, 1.54) is 4.90 Å². The molecule has 2 aromatic rings. The van der Waals surface area contributed by atoms with Crippen molar-refractivity contribution in [3.05, 3.63) is 54.1 Å². The average Bonchev–Trinajstić information content (AvgIpc) is 2.73. The average molecular weight is 444 g/mol. The first kappa shape index (κ1) is 24.3. The summed E-state index contributed by atoms with van der Waals surface area (Å²) in [5.74, 6) is -0.0600. The quantitative estimate of drug-likeness (QED) is 0.596. The molecule has 0 saturated heterocycles. The normalized spacial score (nSPS) is 11.5. The second kappa shape index (κ2) is 11.4. The van der Waals surface area contributed by atoms with Crippen molar-refractivity contribution in [1.82, 2.24) is 10.2 Å². The van der Waals surface area contributed by atoms with Gasteiger partial charge in [-0.2, -0.15) is 0 Å². The van der Waals surface area contributed by atoms with Crippen molar-refractivity contribution in [1.29, 1.82) is 0 Å². The standard InChI is InChI=1S/C23H29N3O4S/c1-6-30-18-11-7-16(8-12-18)21(27)25-20(15(2)3)22(28)24-17-9-13-19(14-10-17)31-23(29)26(4)5/h7-15,20H,6H2,1-5H3,(H,24,28)(H,25,27). The molecule has 0 aromatic heterocycles. The minimum atomic E-state index is -0.705. The van der Waals surface area contributed by atoms with Gasteiger partial charge >= 0.3 is 0 Å². The maximum Gasteiger partial charge on any atom is 0.285 e. The minimum Gasteiger partial charge on any atom is -0.494 e. The Kier molecular flexibility index (Phi) is 8.93. The molecule has 8 heteroatoms. The van der Waals surface area contributed by atoms with Crippen molar-refractivity contribution in [2.75, 3.05) is 26.0 Å². The zero-order valence-corrected chi connectivity index (χ0v) is 19.3. The number of hydrogen-bond donors (Lipinski definition) is 2. The summed E-state index contributed by atoms with van der Waals surface area (Å²) in [5, 5.41) is 5.56. The van der Waals surface area contributed by atoms with E-state index in [0.29, 0.717) is 23.6 Å². The molecule has 0 aliphatic carbocycles. The van der Waals surface area contributed by atoms with Crippen LogP contribution in [0.1, 0.15) is 31.1 Å². The van der Waals surface area contributed by atoms with Gasteiger partial charge in [-0.1, -0.05) is 13.8 Å². The van der Waals surface area contributed by atoms with Crippen LogP contribution in [0.25, 0.3) is 0 Å². The number of amides is 3. The second-order valence-corrected chi connectivity index (χ2v) is 8.45. The first-order valence-electron chi connectivity index (χ1n) is 10.0. The summed E-state index contributed by atoms with van der Waals surface area (Å²) in [6.45, 7) is 6.18. The first-order valence-corrected chi connectivity index (χ1v) is 10.9. The number of rotatable bonds is 8. The fraction of sp³-hybridized carbons (Fsp3) is 0.348. The van der Waals surface area contributed by atoms with Gasteiger partial charge in [0.2, 0.25) is 5.91 Å². The highest BCUT2D eigenvalue weighted by Crippen LogP contribution is 2.22. The summed E-state index contributed by atoms with van der Waals surface area (Å²) in [6, 6.07) is 13.1. The van der Waals surface area contributed by atoms with Gasteiger partial charge in [-0.05, 0) is 73.1 Å². The van der Waals surface area contributed by atoms with Gasteiger partial charge in [-0.25, -0.2) is 0 Å². The first-order chi connectivity index (χ1) is 14.7. The van der Waals surface area contributed by atoms with Crippen LogP contribution in [0.4, 0.5) is 10.5 Å². The maximum absolute atomic E-state index is 12.8. The largest absolute Gasteiger partial charge is 0.494 e. The number of thioether (sulfide) groups is 1. The highest BCUT2D eigenvalue weighted by molar-refractivity contribution is 8.13. The maximum atomic E-state index is 12.8. The number of ether oxygens (including phenoxy) is 1. The highest BCUT2D eigenvalue weighted by atomic mass is 32.2. The van der Waals surface area contributed by atoms with E-state index in [2.05, 4.69) is 10.6 Å². The van der Waals surface area contributed by atoms with Gasteiger partial charge in [-0.3, -0.25) is 14.4 Å². The number of hydrogen-bond acceptors (Lipinski definition) is 5. The van der Waals surface area contributed by atoms with E-state index in [9.17, 15) is 14.4 Å². The molecule has 3 amide bonds. The second-order valence-electron chi connectivity index (χ2n) is 7.43. The van der Waals surface area contributed by atoms with E-state index in [-0.39, 0.29) is 23.0 Å². The minimum absolute atomic E-state index is 0.0753. The van der Waals surface area contributed by atoms with E-state index in [0.717, 1.165) is 16.7 Å². The molecular formula is C23H29N3O4S. The zero-order chi connectivity index (χ0) is 23.0. The molecule has 0 saturated carbocycles. The van der Waals surface area contributed by atoms with Crippen molar-refractivity contribution >= 4 is 34.5 Å². The third-order valence-corrected chi connectivity index (χ3v) is 5.40. The molecular weight excluding hydrogens is 414 g/mol. The van der Waals surface area contributed by atoms with Gasteiger partial charge < -0.3 is 20.3 Å². The topological polar surface area (TPSA) is 87.7 Å². The lowest BCUT2D eigenvalue weighted by Gasteiger charge is -2.22. The van der Waals surface area contributed by atoms with Crippen molar-refractivity contribution in [2.45, 2.75) is 31.7 Å². The van der Waals surface area contributed by atoms with Gasteiger partial charge in [0, 0.05) is 30.2 Å². The molecule has 0 spiro atoms. The summed E-state index contributed by atoms with van der Waals surface area (Å²) in [5.41, 5.74) is 1.04. The molecule has 166 valence electrons. The zero-order valence-electron chi connectivity index (χ0n) is 18.5. The Bertz CT molecular complexity index is 896. The van der Waals surface area contributed by atoms with Gasteiger partial charge in [0.25, 0.3) is 11.1 Å². The summed E-state index contributed by atoms with van der Waals surface area (Å²) >= 11 is 1.11. The summed E-state index contributed by atoms with van der Waals surface area (Å²) in [4.78, 5) is 39.5. The summed E-state index contributed by atoms with van der Waals surface area (Å²) in [6.07, 6.45) is 0. The monoisotopic (exact) mass is 443 g/mol. The van der Waals surface area contributed by atoms with Crippen LogP contribution in [0.5, 0.6) is 5.75 Å². The van der Waals surface area contributed by atoms with Crippen LogP contribution in [-0.4, -0.2) is 48.7 Å². The molecule has 0 aliphatic heterocycles. The molecule has 0 heterocycles. The molecule has 2 aromatic carbocycles. The predicted octanol–water partition coefficient (Wildman–Crippen LogP) is 4.25. The Labute approximate surface area is 187 Å². The van der Waals surface area contributed by atoms with Crippen LogP contribution < -0.4 is 15.4 Å². The van der Waals surface area contributed by atoms with Crippen LogP contribution >= 0.6 is 11.8 Å². The molecule has 7 nitrogen and oxygen atoms in total. The van der Waals surface area contributed by atoms with Gasteiger partial charge in [-0.15, -0.1) is 0 Å². The Morgan fingerprint density at radius 2 is 1.61 bits per heavy atom. The number of nitrogens with zero attached hydrogens (tertiary/aromatic N) is 1. The van der Waals surface area contributed by atoms with E-state index in [1.807, 2.05) is 20.8 Å². The fourth-order valence-electron chi connectivity index (χ4n) is 2.65. The SMILES string of the molecule is CCOc1ccc(C(=O)NC(C(=O)Nc2ccc(SC(=O)N(C)C)cc2)C(C)C)cc1. The summed E-state index contributed by atoms with van der Waals surface area (Å²) < 4.78 is 5.39. The van der Waals surface area contributed by atoms with Gasteiger partial charge in [0.15, 0.2) is 0 Å². The van der Waals surface area contributed by atoms with Crippen molar-refractivity contribution < 1.29 is 19.1 Å². The molecule has 0 fully saturated rings. The number of benzene rings is 2. The predicted molar refractivity (Wildman–Crippen MR) is 124 cm³/mol. The lowest BCUT2D eigenvalue weighted by Crippen LogP contribution is -2.47. The third-order valence-electron chi connectivity index (χ3n) is 4.36. The fourth-order valence-corrected chi connectivity index (χ4v) is 3.30. The van der Waals surface area contributed by atoms with Crippen LogP contribution in [0.15, 0.2) is 53.4 Å². The Morgan fingerprint density at radius 1 is 1.00 bits per heavy atom. The van der Waals surface area contributed by atoms with Crippen LogP contribution in [-0.2, 0) is 4.79 Å². The number of anilines is 1. The molecule has 1 atom stereocenters. The lowest BCUT2D eigenvalue weighted by atomic mass is 10.0. The van der Waals surface area contributed by atoms with E-state index >= 15 is 0 Å². The highest BCUT2D eigenvalue weighted by Gasteiger charge is 2.25. The molecule has 0 radical (unpaired) electrons. The van der Waals surface area contributed by atoms with Gasteiger partial charge in [0.1, 0.15) is 11.8 Å². The molecule has 31 heavy (non-hydrogen) atoms. The van der Waals surface area contributed by atoms with Crippen molar-refractivity contribution in [3.8, 4) is 5.75 Å². The molecule has 2 N–H and O–H groups in total. The van der Waals surface area contributed by atoms with E-state index in [1.54, 1.807) is 62.6 Å². The Hall–Kier alpha value is -3.00. The molecule has 0 bridgehead atoms. The van der Waals surface area contributed by atoms with Crippen LogP contribution in [0.2, 0.25) is 0 Å². The molecule has 1 unspecified atom stereocenters. The van der Waals surface area contributed by atoms with Crippen LogP contribution in [0.3, 0.4) is 0 Å². The van der Waals surface area contributed by atoms with Crippen molar-refractivity contribution in [3.63, 3.8) is 0 Å². The number of carbonyl (C=O) groups excluding carboxylic acids is 3. The third kappa shape index (κ3) is 7.32. The number of nitrogens with one attached hydrogen (secondary N) is 2. The Balaban J connectivity index is 2.01. The van der Waals surface area contributed by atoms with E-state index in [4.69, 9.17) is 4.74 Å². The lowest BCUT2D eigenvalue weighted by molar-refractivity contribution is -0.118. The molecule has 0 aliphatic rings. The van der Waals surface area contributed by atoms with E-state index < -0.39 is 6.04 Å². The number of carbonyl (C=O) groups is 3. The Morgan fingerprint density at radius 3 is 2.13 bits per heavy atom. The summed E-state index contributed by atoms with van der Waals surface area (Å²) in [7, 11) is 3.38. The van der Waals surface area contributed by atoms with Gasteiger partial charge in [0.05, 0.1) is 6.61 Å². The smallest absolute Gasteiger partial charge is 0.285 e. The van der Waals surface area contributed by atoms with Crippen molar-refractivity contribution in [2.24, 2.45) is 5.92 Å². The van der Waals surface area contributed by atoms with Crippen LogP contribution in [0, 0.1) is 5.92 Å². The molecule has 2 rings (SSSR count).